The number of nitrogens with one attached hydrogen (secondary N) is 1. The largest absolute Gasteiger partial charge is 0.356 e. The van der Waals surface area contributed by atoms with Crippen LogP contribution in [-0.2, 0) is 17.8 Å². The fourth-order valence-electron chi connectivity index (χ4n) is 3.73. The average molecular weight is 324 g/mol. The van der Waals surface area contributed by atoms with Crippen molar-refractivity contribution in [2.75, 3.05) is 6.54 Å². The van der Waals surface area contributed by atoms with Crippen molar-refractivity contribution in [3.8, 4) is 0 Å². The zero-order valence-electron chi connectivity index (χ0n) is 13.8. The summed E-state index contributed by atoms with van der Waals surface area (Å²) in [6.07, 6.45) is 2.34. The number of fused-ring (bicyclic) bond motifs is 3. The summed E-state index contributed by atoms with van der Waals surface area (Å²) in [5, 5.41) is 12.3. The number of para-hydroxylation sites is 1. The summed E-state index contributed by atoms with van der Waals surface area (Å²) in [6, 6.07) is 8.40. The summed E-state index contributed by atoms with van der Waals surface area (Å²) in [7, 11) is 0. The Labute approximate surface area is 139 Å². The van der Waals surface area contributed by atoms with Gasteiger partial charge in [-0.25, -0.2) is 4.68 Å². The maximum atomic E-state index is 12.8. The van der Waals surface area contributed by atoms with E-state index in [2.05, 4.69) is 52.6 Å². The van der Waals surface area contributed by atoms with Crippen LogP contribution in [0, 0.1) is 5.92 Å². The third-order valence-corrected chi connectivity index (χ3v) is 4.72. The first-order chi connectivity index (χ1) is 11.6. The highest BCUT2D eigenvalue weighted by Gasteiger charge is 2.35. The van der Waals surface area contributed by atoms with Crippen LogP contribution in [0.25, 0.3) is 10.9 Å². The van der Waals surface area contributed by atoms with Gasteiger partial charge in [0.25, 0.3) is 0 Å². The van der Waals surface area contributed by atoms with Crippen molar-refractivity contribution in [2.45, 2.75) is 32.9 Å². The van der Waals surface area contributed by atoms with Crippen LogP contribution in [0.1, 0.15) is 31.1 Å². The molecule has 1 N–H and O–H groups in total. The molecule has 3 aromatic rings. The van der Waals surface area contributed by atoms with E-state index in [4.69, 9.17) is 0 Å². The molecule has 2 aromatic heterocycles. The minimum Gasteiger partial charge on any atom is -0.356 e. The Morgan fingerprint density at radius 1 is 1.38 bits per heavy atom. The van der Waals surface area contributed by atoms with E-state index in [1.807, 2.05) is 11.0 Å². The number of carbonyl (C=O) groups is 1. The molecule has 1 aliphatic heterocycles. The first kappa shape index (κ1) is 14.9. The summed E-state index contributed by atoms with van der Waals surface area (Å²) in [5.74, 6) is 0.361. The van der Waals surface area contributed by atoms with Gasteiger partial charge >= 0.3 is 0 Å². The van der Waals surface area contributed by atoms with Crippen LogP contribution in [0.3, 0.4) is 0 Å². The van der Waals surface area contributed by atoms with Gasteiger partial charge in [-0.3, -0.25) is 4.79 Å². The smallest absolute Gasteiger partial charge is 0.245 e. The van der Waals surface area contributed by atoms with Crippen LogP contribution in [0.5, 0.6) is 0 Å². The molecule has 0 radical (unpaired) electrons. The van der Waals surface area contributed by atoms with E-state index in [-0.39, 0.29) is 18.5 Å². The third kappa shape index (κ3) is 2.36. The Hall–Kier alpha value is -2.70. The molecule has 0 saturated heterocycles. The molecule has 1 aliphatic rings. The molecule has 1 atom stereocenters. The fourth-order valence-corrected chi connectivity index (χ4v) is 3.73. The molecule has 1 aromatic carbocycles. The molecule has 0 fully saturated rings. The summed E-state index contributed by atoms with van der Waals surface area (Å²) >= 11 is 0. The summed E-state index contributed by atoms with van der Waals surface area (Å²) in [4.78, 5) is 18.3. The van der Waals surface area contributed by atoms with Gasteiger partial charge in [0.05, 0.1) is 6.04 Å². The number of aromatic amines is 1. The van der Waals surface area contributed by atoms with Crippen molar-refractivity contribution < 1.29 is 4.79 Å². The standard InChI is InChI=1S/C17H20N6O/c1-11(2)17-16-13(12-5-3-4-6-14(12)19-16)7-8-23(17)15(24)9-22-10-18-20-21-22/h3-6,10-11,17,19H,7-9H2,1-2H3/t17-/m0/s1. The van der Waals surface area contributed by atoms with E-state index in [1.165, 1.54) is 27.7 Å². The zero-order chi connectivity index (χ0) is 16.7. The number of rotatable bonds is 3. The molecule has 1 amide bonds. The lowest BCUT2D eigenvalue weighted by Gasteiger charge is -2.38. The van der Waals surface area contributed by atoms with Crippen molar-refractivity contribution in [1.29, 1.82) is 0 Å². The molecule has 124 valence electrons. The second-order valence-electron chi connectivity index (χ2n) is 6.60. The zero-order valence-corrected chi connectivity index (χ0v) is 13.8. The maximum Gasteiger partial charge on any atom is 0.245 e. The Kier molecular flexibility index (Phi) is 3.55. The second-order valence-corrected chi connectivity index (χ2v) is 6.60. The van der Waals surface area contributed by atoms with Crippen molar-refractivity contribution in [1.82, 2.24) is 30.1 Å². The molecule has 0 saturated carbocycles. The fraction of sp³-hybridized carbons (Fsp3) is 0.412. The van der Waals surface area contributed by atoms with Gasteiger partial charge < -0.3 is 9.88 Å². The van der Waals surface area contributed by atoms with E-state index in [9.17, 15) is 4.79 Å². The summed E-state index contributed by atoms with van der Waals surface area (Å²) in [6.45, 7) is 5.20. The number of carbonyl (C=O) groups excluding carboxylic acids is 1. The molecule has 4 rings (SSSR count). The van der Waals surface area contributed by atoms with Gasteiger partial charge in [0.2, 0.25) is 5.91 Å². The predicted molar refractivity (Wildman–Crippen MR) is 89.1 cm³/mol. The van der Waals surface area contributed by atoms with Crippen LogP contribution >= 0.6 is 0 Å². The normalized spacial score (nSPS) is 17.5. The average Bonchev–Trinajstić information content (AvgIpc) is 3.20. The van der Waals surface area contributed by atoms with E-state index < -0.39 is 0 Å². The number of aromatic nitrogens is 5. The van der Waals surface area contributed by atoms with Gasteiger partial charge in [0.1, 0.15) is 12.9 Å². The highest BCUT2D eigenvalue weighted by atomic mass is 16.2. The quantitative estimate of drug-likeness (QED) is 0.798. The molecule has 24 heavy (non-hydrogen) atoms. The lowest BCUT2D eigenvalue weighted by atomic mass is 9.90. The summed E-state index contributed by atoms with van der Waals surface area (Å²) < 4.78 is 1.47. The first-order valence-corrected chi connectivity index (χ1v) is 8.25. The van der Waals surface area contributed by atoms with Crippen LogP contribution in [0.2, 0.25) is 0 Å². The maximum absolute atomic E-state index is 12.8. The van der Waals surface area contributed by atoms with Crippen molar-refractivity contribution in [3.05, 3.63) is 41.9 Å². The lowest BCUT2D eigenvalue weighted by Crippen LogP contribution is -2.43. The SMILES string of the molecule is CC(C)[C@H]1c2[nH]c3ccccc3c2CCN1C(=O)Cn1cnnn1. The number of benzene rings is 1. The topological polar surface area (TPSA) is 79.7 Å². The number of amides is 1. The van der Waals surface area contributed by atoms with Crippen molar-refractivity contribution in [3.63, 3.8) is 0 Å². The van der Waals surface area contributed by atoms with Gasteiger partial charge in [-0.05, 0) is 34.4 Å². The molecular weight excluding hydrogens is 304 g/mol. The molecule has 7 heteroatoms. The van der Waals surface area contributed by atoms with Gasteiger partial charge in [-0.2, -0.15) is 0 Å². The lowest BCUT2D eigenvalue weighted by molar-refractivity contribution is -0.136. The van der Waals surface area contributed by atoms with Crippen LogP contribution < -0.4 is 0 Å². The number of tetrazole rings is 1. The summed E-state index contributed by atoms with van der Waals surface area (Å²) in [5.41, 5.74) is 3.65. The number of hydrogen-bond acceptors (Lipinski definition) is 4. The molecule has 0 unspecified atom stereocenters. The van der Waals surface area contributed by atoms with E-state index in [1.54, 1.807) is 0 Å². The van der Waals surface area contributed by atoms with Gasteiger partial charge in [-0.15, -0.1) is 5.10 Å². The highest BCUT2D eigenvalue weighted by molar-refractivity contribution is 5.86. The number of nitrogens with zero attached hydrogens (tertiary/aromatic N) is 5. The predicted octanol–water partition coefficient (Wildman–Crippen LogP) is 1.94. The van der Waals surface area contributed by atoms with Crippen LogP contribution in [-0.4, -0.2) is 42.5 Å². The van der Waals surface area contributed by atoms with Crippen LogP contribution in [0.15, 0.2) is 30.6 Å². The Morgan fingerprint density at radius 2 is 2.21 bits per heavy atom. The van der Waals surface area contributed by atoms with E-state index in [0.717, 1.165) is 18.5 Å². The van der Waals surface area contributed by atoms with Gasteiger partial charge in [-0.1, -0.05) is 32.0 Å². The van der Waals surface area contributed by atoms with Crippen molar-refractivity contribution >= 4 is 16.8 Å². The third-order valence-electron chi connectivity index (χ3n) is 4.72. The molecule has 0 spiro atoms. The minimum atomic E-state index is 0.0464. The molecule has 7 nitrogen and oxygen atoms in total. The van der Waals surface area contributed by atoms with Crippen LogP contribution in [0.4, 0.5) is 0 Å². The molecule has 0 bridgehead atoms. The molecule has 0 aliphatic carbocycles. The van der Waals surface area contributed by atoms with Gasteiger partial charge in [0.15, 0.2) is 0 Å². The second kappa shape index (κ2) is 5.74. The number of hydrogen-bond donors (Lipinski definition) is 1. The molecular formula is C17H20N6O. The Morgan fingerprint density at radius 3 is 2.96 bits per heavy atom. The van der Waals surface area contributed by atoms with E-state index >= 15 is 0 Å². The van der Waals surface area contributed by atoms with Crippen molar-refractivity contribution in [2.24, 2.45) is 5.92 Å². The Balaban J connectivity index is 1.71. The first-order valence-electron chi connectivity index (χ1n) is 8.25. The minimum absolute atomic E-state index is 0.0464. The van der Waals surface area contributed by atoms with Gasteiger partial charge in [0, 0.05) is 23.1 Å². The number of H-pyrrole nitrogens is 1. The molecule has 3 heterocycles. The highest BCUT2D eigenvalue weighted by Crippen LogP contribution is 2.38. The van der Waals surface area contributed by atoms with E-state index in [0.29, 0.717) is 5.92 Å². The monoisotopic (exact) mass is 324 g/mol. The Bertz CT molecular complexity index is 866.